The molecule has 0 aliphatic carbocycles. The number of aliphatic hydroxyl groups excluding tert-OH is 1. The Morgan fingerprint density at radius 3 is 2.45 bits per heavy atom. The molecule has 0 spiro atoms. The number of aliphatic hydroxyl groups is 1. The Bertz CT molecular complexity index is 1220. The van der Waals surface area contributed by atoms with Crippen molar-refractivity contribution in [2.75, 3.05) is 6.61 Å². The number of halogens is 1. The summed E-state index contributed by atoms with van der Waals surface area (Å²) in [6.45, 7) is 4.19. The molecule has 1 aliphatic heterocycles. The van der Waals surface area contributed by atoms with Gasteiger partial charge in [-0.1, -0.05) is 66.7 Å². The first-order valence-corrected chi connectivity index (χ1v) is 10.8. The molecule has 1 aliphatic rings. The summed E-state index contributed by atoms with van der Waals surface area (Å²) in [5, 5.41) is 11.6. The van der Waals surface area contributed by atoms with Gasteiger partial charge >= 0.3 is 0 Å². The third-order valence-corrected chi connectivity index (χ3v) is 5.65. The molecule has 1 fully saturated rings. The number of benzene rings is 3. The lowest BCUT2D eigenvalue weighted by Crippen LogP contribution is -2.29. The molecule has 1 saturated heterocycles. The van der Waals surface area contributed by atoms with Gasteiger partial charge in [-0.3, -0.25) is 9.59 Å². The molecule has 0 radical (unpaired) electrons. The highest BCUT2D eigenvalue weighted by Crippen LogP contribution is 2.41. The minimum atomic E-state index is -0.784. The molecule has 0 bridgehead atoms. The van der Waals surface area contributed by atoms with Crippen molar-refractivity contribution in [3.8, 4) is 5.75 Å². The summed E-state index contributed by atoms with van der Waals surface area (Å²) in [5.41, 5.74) is 1.96. The van der Waals surface area contributed by atoms with Gasteiger partial charge in [0.1, 0.15) is 18.1 Å². The van der Waals surface area contributed by atoms with Crippen LogP contribution >= 0.6 is 11.6 Å². The summed E-state index contributed by atoms with van der Waals surface area (Å²) in [7, 11) is 0. The van der Waals surface area contributed by atoms with Crippen LogP contribution in [-0.2, 0) is 16.1 Å². The van der Waals surface area contributed by atoms with Crippen LogP contribution in [0, 0.1) is 0 Å². The van der Waals surface area contributed by atoms with Crippen molar-refractivity contribution in [2.24, 2.45) is 0 Å². The van der Waals surface area contributed by atoms with E-state index in [0.29, 0.717) is 28.5 Å². The molecule has 1 atom stereocenters. The van der Waals surface area contributed by atoms with Crippen LogP contribution in [0.5, 0.6) is 5.75 Å². The van der Waals surface area contributed by atoms with Crippen LogP contribution in [0.3, 0.4) is 0 Å². The molecule has 0 saturated carbocycles. The number of amides is 1. The monoisotopic (exact) mass is 459 g/mol. The SMILES string of the molecule is C=CCOc1cccc(C2C(=C(O)c3ccc(Cl)cc3)C(=O)C(=O)N2Cc2ccccc2)c1. The molecule has 3 aromatic carbocycles. The maximum Gasteiger partial charge on any atom is 0.295 e. The number of Topliss-reactive ketones (excluding diaryl/α,β-unsaturated/α-hetero) is 1. The van der Waals surface area contributed by atoms with Gasteiger partial charge in [-0.15, -0.1) is 0 Å². The molecular formula is C27H22ClNO4. The third-order valence-electron chi connectivity index (χ3n) is 5.40. The van der Waals surface area contributed by atoms with E-state index in [2.05, 4.69) is 6.58 Å². The van der Waals surface area contributed by atoms with E-state index in [4.69, 9.17) is 16.3 Å². The molecule has 3 aromatic rings. The van der Waals surface area contributed by atoms with Crippen LogP contribution < -0.4 is 4.74 Å². The van der Waals surface area contributed by atoms with Gasteiger partial charge < -0.3 is 14.7 Å². The topological polar surface area (TPSA) is 66.8 Å². The second-order valence-corrected chi connectivity index (χ2v) is 8.03. The molecule has 166 valence electrons. The number of hydrogen-bond acceptors (Lipinski definition) is 4. The number of ether oxygens (including phenoxy) is 1. The summed E-state index contributed by atoms with van der Waals surface area (Å²) in [6, 6.07) is 22.3. The fourth-order valence-electron chi connectivity index (χ4n) is 3.86. The van der Waals surface area contributed by atoms with Crippen molar-refractivity contribution in [3.63, 3.8) is 0 Å². The maximum absolute atomic E-state index is 13.1. The Kier molecular flexibility index (Phi) is 6.61. The summed E-state index contributed by atoms with van der Waals surface area (Å²) < 4.78 is 5.66. The lowest BCUT2D eigenvalue weighted by atomic mass is 9.95. The van der Waals surface area contributed by atoms with Crippen LogP contribution in [0.15, 0.2) is 97.1 Å². The van der Waals surface area contributed by atoms with E-state index >= 15 is 0 Å². The largest absolute Gasteiger partial charge is 0.507 e. The van der Waals surface area contributed by atoms with Gasteiger partial charge in [-0.2, -0.15) is 0 Å². The first-order chi connectivity index (χ1) is 16.0. The van der Waals surface area contributed by atoms with E-state index < -0.39 is 17.7 Å². The predicted octanol–water partition coefficient (Wildman–Crippen LogP) is 5.53. The van der Waals surface area contributed by atoms with E-state index in [0.717, 1.165) is 5.56 Å². The molecule has 1 unspecified atom stereocenters. The van der Waals surface area contributed by atoms with Crippen LogP contribution in [0.4, 0.5) is 0 Å². The highest BCUT2D eigenvalue weighted by atomic mass is 35.5. The number of carbonyl (C=O) groups excluding carboxylic acids is 2. The van der Waals surface area contributed by atoms with E-state index in [1.807, 2.05) is 36.4 Å². The molecule has 1 amide bonds. The van der Waals surface area contributed by atoms with Crippen LogP contribution in [0.2, 0.25) is 5.02 Å². The van der Waals surface area contributed by atoms with Gasteiger partial charge in [0.2, 0.25) is 0 Å². The number of ketones is 1. The molecular weight excluding hydrogens is 438 g/mol. The molecule has 6 heteroatoms. The molecule has 0 aromatic heterocycles. The van der Waals surface area contributed by atoms with Gasteiger partial charge in [0.15, 0.2) is 0 Å². The first kappa shape index (κ1) is 22.4. The van der Waals surface area contributed by atoms with Crippen LogP contribution in [-0.4, -0.2) is 28.3 Å². The Morgan fingerprint density at radius 1 is 1.03 bits per heavy atom. The van der Waals surface area contributed by atoms with Gasteiger partial charge in [0, 0.05) is 17.1 Å². The Hall–Kier alpha value is -3.83. The van der Waals surface area contributed by atoms with Crippen molar-refractivity contribution in [1.29, 1.82) is 0 Å². The minimum Gasteiger partial charge on any atom is -0.507 e. The van der Waals surface area contributed by atoms with Crippen molar-refractivity contribution in [1.82, 2.24) is 4.90 Å². The average molecular weight is 460 g/mol. The maximum atomic E-state index is 13.1. The molecule has 4 rings (SSSR count). The van der Waals surface area contributed by atoms with Gasteiger partial charge in [-0.25, -0.2) is 0 Å². The summed E-state index contributed by atoms with van der Waals surface area (Å²) in [6.07, 6.45) is 1.63. The standard InChI is InChI=1S/C27H22ClNO4/c1-2-15-33-22-10-6-9-20(16-22)24-23(25(30)19-11-13-21(28)14-12-19)26(31)27(32)29(24)17-18-7-4-3-5-8-18/h2-14,16,24,30H,1,15,17H2. The Labute approximate surface area is 197 Å². The first-order valence-electron chi connectivity index (χ1n) is 10.4. The third kappa shape index (κ3) is 4.69. The zero-order valence-corrected chi connectivity index (χ0v) is 18.5. The van der Waals surface area contributed by atoms with Crippen molar-refractivity contribution in [3.05, 3.63) is 119 Å². The van der Waals surface area contributed by atoms with Crippen LogP contribution in [0.25, 0.3) is 5.76 Å². The van der Waals surface area contributed by atoms with E-state index in [9.17, 15) is 14.7 Å². The Balaban J connectivity index is 1.84. The molecule has 1 N–H and O–H groups in total. The summed E-state index contributed by atoms with van der Waals surface area (Å²) in [5.74, 6) is -1.08. The zero-order valence-electron chi connectivity index (χ0n) is 17.8. The summed E-state index contributed by atoms with van der Waals surface area (Å²) >= 11 is 5.98. The minimum absolute atomic E-state index is 0.0270. The van der Waals surface area contributed by atoms with E-state index in [1.54, 1.807) is 48.5 Å². The second-order valence-electron chi connectivity index (χ2n) is 7.59. The lowest BCUT2D eigenvalue weighted by Gasteiger charge is -2.26. The molecule has 33 heavy (non-hydrogen) atoms. The highest BCUT2D eigenvalue weighted by Gasteiger charge is 2.46. The number of hydrogen-bond donors (Lipinski definition) is 1. The number of nitrogens with zero attached hydrogens (tertiary/aromatic N) is 1. The predicted molar refractivity (Wildman–Crippen MR) is 128 cm³/mol. The van der Waals surface area contributed by atoms with Gasteiger partial charge in [0.05, 0.1) is 11.6 Å². The fraction of sp³-hybridized carbons (Fsp3) is 0.111. The Morgan fingerprint density at radius 2 is 1.76 bits per heavy atom. The molecule has 5 nitrogen and oxygen atoms in total. The van der Waals surface area contributed by atoms with E-state index in [1.165, 1.54) is 4.90 Å². The number of carbonyl (C=O) groups is 2. The van der Waals surface area contributed by atoms with Gasteiger partial charge in [-0.05, 0) is 47.5 Å². The van der Waals surface area contributed by atoms with Crippen LogP contribution in [0.1, 0.15) is 22.7 Å². The smallest absolute Gasteiger partial charge is 0.295 e. The van der Waals surface area contributed by atoms with Crippen molar-refractivity contribution in [2.45, 2.75) is 12.6 Å². The second kappa shape index (κ2) is 9.76. The van der Waals surface area contributed by atoms with Crippen molar-refractivity contribution < 1.29 is 19.4 Å². The summed E-state index contributed by atoms with van der Waals surface area (Å²) in [4.78, 5) is 27.7. The zero-order chi connectivity index (χ0) is 23.4. The average Bonchev–Trinajstić information content (AvgIpc) is 3.08. The number of rotatable bonds is 7. The highest BCUT2D eigenvalue weighted by molar-refractivity contribution is 6.46. The lowest BCUT2D eigenvalue weighted by molar-refractivity contribution is -0.140. The quantitative estimate of drug-likeness (QED) is 0.218. The number of likely N-dealkylation sites (tertiary alicyclic amines) is 1. The molecule has 1 heterocycles. The van der Waals surface area contributed by atoms with Gasteiger partial charge in [0.25, 0.3) is 11.7 Å². The van der Waals surface area contributed by atoms with Crippen molar-refractivity contribution >= 4 is 29.1 Å². The fourth-order valence-corrected chi connectivity index (χ4v) is 3.99. The normalized spacial score (nSPS) is 17.2. The van der Waals surface area contributed by atoms with E-state index in [-0.39, 0.29) is 17.9 Å².